The number of aryl methyl sites for hydroxylation is 1. The molecule has 22 heavy (non-hydrogen) atoms. The van der Waals surface area contributed by atoms with Gasteiger partial charge in [0.25, 0.3) is 5.91 Å². The summed E-state index contributed by atoms with van der Waals surface area (Å²) < 4.78 is 4.99. The number of amides is 1. The van der Waals surface area contributed by atoms with Gasteiger partial charge in [-0.2, -0.15) is 0 Å². The molecule has 0 unspecified atom stereocenters. The molecule has 5 nitrogen and oxygen atoms in total. The Morgan fingerprint density at radius 2 is 1.95 bits per heavy atom. The summed E-state index contributed by atoms with van der Waals surface area (Å²) in [6, 6.07) is 11.1. The molecule has 2 rings (SSSR count). The number of carbonyl (C=O) groups excluding carboxylic acids is 1. The molecule has 0 radical (unpaired) electrons. The minimum Gasteiger partial charge on any atom is -0.385 e. The maximum absolute atomic E-state index is 12.1. The van der Waals surface area contributed by atoms with Crippen LogP contribution in [0.4, 0.5) is 11.5 Å². The third kappa shape index (κ3) is 4.86. The molecule has 2 N–H and O–H groups in total. The standard InChI is InChI=1S/C17H21N3O2/c1-13-4-6-14(7-5-13)17(21)20-16-9-8-15(12-19-16)18-10-3-11-22-2/h4-9,12,18H,3,10-11H2,1-2H3,(H,19,20,21). The van der Waals surface area contributed by atoms with Gasteiger partial charge in [-0.15, -0.1) is 0 Å². The molecule has 1 amide bonds. The number of rotatable bonds is 7. The van der Waals surface area contributed by atoms with E-state index in [2.05, 4.69) is 15.6 Å². The quantitative estimate of drug-likeness (QED) is 0.771. The molecule has 116 valence electrons. The van der Waals surface area contributed by atoms with Crippen molar-refractivity contribution in [3.63, 3.8) is 0 Å². The van der Waals surface area contributed by atoms with Gasteiger partial charge < -0.3 is 15.4 Å². The molecule has 0 aliphatic heterocycles. The third-order valence-electron chi connectivity index (χ3n) is 3.17. The van der Waals surface area contributed by atoms with Crippen LogP contribution in [0.15, 0.2) is 42.6 Å². The first-order valence-electron chi connectivity index (χ1n) is 7.26. The molecule has 0 fully saturated rings. The number of pyridine rings is 1. The molecule has 0 saturated carbocycles. The van der Waals surface area contributed by atoms with Gasteiger partial charge in [-0.05, 0) is 37.6 Å². The van der Waals surface area contributed by atoms with E-state index in [4.69, 9.17) is 4.74 Å². The van der Waals surface area contributed by atoms with Crippen LogP contribution in [0.2, 0.25) is 0 Å². The summed E-state index contributed by atoms with van der Waals surface area (Å²) >= 11 is 0. The van der Waals surface area contributed by atoms with Crippen LogP contribution in [-0.2, 0) is 4.74 Å². The van der Waals surface area contributed by atoms with Crippen molar-refractivity contribution in [3.8, 4) is 0 Å². The van der Waals surface area contributed by atoms with Crippen molar-refractivity contribution in [2.45, 2.75) is 13.3 Å². The van der Waals surface area contributed by atoms with Crippen LogP contribution in [0.1, 0.15) is 22.3 Å². The zero-order valence-corrected chi connectivity index (χ0v) is 12.9. The molecule has 0 aliphatic rings. The van der Waals surface area contributed by atoms with Crippen LogP contribution >= 0.6 is 0 Å². The summed E-state index contributed by atoms with van der Waals surface area (Å²) in [4.78, 5) is 16.3. The van der Waals surface area contributed by atoms with Gasteiger partial charge in [0.2, 0.25) is 0 Å². The van der Waals surface area contributed by atoms with Gasteiger partial charge in [0.1, 0.15) is 5.82 Å². The van der Waals surface area contributed by atoms with Crippen molar-refractivity contribution < 1.29 is 9.53 Å². The van der Waals surface area contributed by atoms with Crippen LogP contribution in [0.25, 0.3) is 0 Å². The van der Waals surface area contributed by atoms with Crippen molar-refractivity contribution in [1.29, 1.82) is 0 Å². The zero-order chi connectivity index (χ0) is 15.8. The molecular weight excluding hydrogens is 278 g/mol. The van der Waals surface area contributed by atoms with Crippen molar-refractivity contribution in [1.82, 2.24) is 4.98 Å². The summed E-state index contributed by atoms with van der Waals surface area (Å²) in [7, 11) is 1.69. The molecule has 0 spiro atoms. The lowest BCUT2D eigenvalue weighted by Gasteiger charge is -2.08. The van der Waals surface area contributed by atoms with Crippen molar-refractivity contribution >= 4 is 17.4 Å². The second kappa shape index (κ2) is 8.14. The van der Waals surface area contributed by atoms with Gasteiger partial charge in [-0.3, -0.25) is 4.79 Å². The number of methoxy groups -OCH3 is 1. The van der Waals surface area contributed by atoms with Crippen LogP contribution < -0.4 is 10.6 Å². The van der Waals surface area contributed by atoms with E-state index in [0.717, 1.165) is 30.8 Å². The van der Waals surface area contributed by atoms with Crippen LogP contribution in [0.3, 0.4) is 0 Å². The third-order valence-corrected chi connectivity index (χ3v) is 3.17. The lowest BCUT2D eigenvalue weighted by Crippen LogP contribution is -2.13. The Labute approximate surface area is 130 Å². The second-order valence-corrected chi connectivity index (χ2v) is 5.03. The minimum atomic E-state index is -0.159. The zero-order valence-electron chi connectivity index (χ0n) is 12.9. The molecule has 0 bridgehead atoms. The normalized spacial score (nSPS) is 10.3. The second-order valence-electron chi connectivity index (χ2n) is 5.03. The van der Waals surface area contributed by atoms with Crippen LogP contribution in [-0.4, -0.2) is 31.2 Å². The molecule has 1 aromatic carbocycles. The van der Waals surface area contributed by atoms with E-state index < -0.39 is 0 Å². The van der Waals surface area contributed by atoms with Gasteiger partial charge >= 0.3 is 0 Å². The molecule has 1 aromatic heterocycles. The van der Waals surface area contributed by atoms with E-state index in [9.17, 15) is 4.79 Å². The van der Waals surface area contributed by atoms with E-state index in [-0.39, 0.29) is 5.91 Å². The fourth-order valence-corrected chi connectivity index (χ4v) is 1.92. The Kier molecular flexibility index (Phi) is 5.91. The van der Waals surface area contributed by atoms with E-state index >= 15 is 0 Å². The highest BCUT2D eigenvalue weighted by atomic mass is 16.5. The van der Waals surface area contributed by atoms with Crippen molar-refractivity contribution in [2.75, 3.05) is 30.9 Å². The lowest BCUT2D eigenvalue weighted by atomic mass is 10.1. The Hall–Kier alpha value is -2.40. The average molecular weight is 299 g/mol. The first-order valence-corrected chi connectivity index (χ1v) is 7.26. The number of nitrogens with one attached hydrogen (secondary N) is 2. The highest BCUT2D eigenvalue weighted by molar-refractivity contribution is 6.03. The maximum Gasteiger partial charge on any atom is 0.256 e. The Balaban J connectivity index is 1.88. The molecule has 5 heteroatoms. The molecule has 2 aromatic rings. The number of hydrogen-bond donors (Lipinski definition) is 2. The topological polar surface area (TPSA) is 63.2 Å². The van der Waals surface area contributed by atoms with E-state index in [1.165, 1.54) is 0 Å². The number of carbonyl (C=O) groups is 1. The van der Waals surface area contributed by atoms with Crippen LogP contribution in [0, 0.1) is 6.92 Å². The summed E-state index contributed by atoms with van der Waals surface area (Å²) in [5.74, 6) is 0.376. The minimum absolute atomic E-state index is 0.159. The average Bonchev–Trinajstić information content (AvgIpc) is 2.54. The molecular formula is C17H21N3O2. The summed E-state index contributed by atoms with van der Waals surface area (Å²) in [5, 5.41) is 6.03. The molecule has 0 atom stereocenters. The lowest BCUT2D eigenvalue weighted by molar-refractivity contribution is 0.102. The first-order chi connectivity index (χ1) is 10.7. The predicted octanol–water partition coefficient (Wildman–Crippen LogP) is 3.09. The number of benzene rings is 1. The van der Waals surface area contributed by atoms with Crippen LogP contribution in [0.5, 0.6) is 0 Å². The summed E-state index contributed by atoms with van der Waals surface area (Å²) in [5.41, 5.74) is 2.66. The van der Waals surface area contributed by atoms with E-state index in [0.29, 0.717) is 11.4 Å². The molecule has 0 saturated heterocycles. The number of ether oxygens (including phenoxy) is 1. The Bertz CT molecular complexity index is 594. The summed E-state index contributed by atoms with van der Waals surface area (Å²) in [6.07, 6.45) is 2.64. The SMILES string of the molecule is COCCCNc1ccc(NC(=O)c2ccc(C)cc2)nc1. The number of aromatic nitrogens is 1. The fraction of sp³-hybridized carbons (Fsp3) is 0.294. The number of hydrogen-bond acceptors (Lipinski definition) is 4. The predicted molar refractivity (Wildman–Crippen MR) is 88.4 cm³/mol. The monoisotopic (exact) mass is 299 g/mol. The maximum atomic E-state index is 12.1. The first kappa shape index (κ1) is 16.0. The number of anilines is 2. The van der Waals surface area contributed by atoms with Crippen molar-refractivity contribution in [2.24, 2.45) is 0 Å². The smallest absolute Gasteiger partial charge is 0.256 e. The number of nitrogens with zero attached hydrogens (tertiary/aromatic N) is 1. The Morgan fingerprint density at radius 3 is 2.59 bits per heavy atom. The summed E-state index contributed by atoms with van der Waals surface area (Å²) in [6.45, 7) is 3.54. The van der Waals surface area contributed by atoms with Gasteiger partial charge in [0.15, 0.2) is 0 Å². The highest BCUT2D eigenvalue weighted by Gasteiger charge is 2.06. The Morgan fingerprint density at radius 1 is 1.18 bits per heavy atom. The highest BCUT2D eigenvalue weighted by Crippen LogP contribution is 2.11. The largest absolute Gasteiger partial charge is 0.385 e. The fourth-order valence-electron chi connectivity index (χ4n) is 1.92. The van der Waals surface area contributed by atoms with Gasteiger partial charge in [0, 0.05) is 25.8 Å². The van der Waals surface area contributed by atoms with Crippen molar-refractivity contribution in [3.05, 3.63) is 53.7 Å². The molecule has 1 heterocycles. The van der Waals surface area contributed by atoms with Gasteiger partial charge in [-0.1, -0.05) is 17.7 Å². The van der Waals surface area contributed by atoms with E-state index in [1.807, 2.05) is 25.1 Å². The van der Waals surface area contributed by atoms with E-state index in [1.54, 1.807) is 31.5 Å². The van der Waals surface area contributed by atoms with Gasteiger partial charge in [-0.25, -0.2) is 4.98 Å². The molecule has 0 aliphatic carbocycles. The van der Waals surface area contributed by atoms with Gasteiger partial charge in [0.05, 0.1) is 11.9 Å².